The molecule has 1 aliphatic rings. The lowest BCUT2D eigenvalue weighted by atomic mass is 10.1. The maximum absolute atomic E-state index is 5.61. The first-order chi connectivity index (χ1) is 5.25. The molecule has 6 heteroatoms. The van der Waals surface area contributed by atoms with Crippen molar-refractivity contribution in [1.29, 1.82) is 0 Å². The molecule has 1 aromatic rings. The van der Waals surface area contributed by atoms with Crippen molar-refractivity contribution in [2.24, 2.45) is 5.73 Å². The fraction of sp³-hybridized carbons (Fsp3) is 0.600. The third-order valence-corrected chi connectivity index (χ3v) is 2.76. The molecule has 0 saturated carbocycles. The Hall–Kier alpha value is -0.460. The van der Waals surface area contributed by atoms with Crippen molar-refractivity contribution < 1.29 is 0 Å². The van der Waals surface area contributed by atoms with Crippen LogP contribution in [0.25, 0.3) is 0 Å². The highest BCUT2D eigenvalue weighted by atomic mass is 32.1. The van der Waals surface area contributed by atoms with Gasteiger partial charge in [-0.3, -0.25) is 5.10 Å². The molecule has 0 aliphatic carbocycles. The van der Waals surface area contributed by atoms with Gasteiger partial charge in [0.1, 0.15) is 0 Å². The predicted molar refractivity (Wildman–Crippen MR) is 47.5 cm³/mol. The summed E-state index contributed by atoms with van der Waals surface area (Å²) in [6, 6.07) is 0.312. The van der Waals surface area contributed by atoms with E-state index in [1.165, 1.54) is 11.3 Å². The Kier molecular flexibility index (Phi) is 1.67. The maximum atomic E-state index is 5.61. The minimum atomic E-state index is 0.312. The summed E-state index contributed by atoms with van der Waals surface area (Å²) in [6.45, 7) is 1.80. The Labute approximate surface area is 73.0 Å². The Balaban J connectivity index is 2.13. The topological polar surface area (TPSA) is 57.9 Å². The van der Waals surface area contributed by atoms with Crippen LogP contribution in [0.2, 0.25) is 0 Å². The summed E-state index contributed by atoms with van der Waals surface area (Å²) in [4.78, 5) is 2.11. The summed E-state index contributed by atoms with van der Waals surface area (Å²) in [7, 11) is 0. The van der Waals surface area contributed by atoms with Gasteiger partial charge in [0.2, 0.25) is 5.13 Å². The van der Waals surface area contributed by atoms with E-state index in [1.54, 1.807) is 0 Å². The Morgan fingerprint density at radius 2 is 2.45 bits per heavy atom. The average Bonchev–Trinajstić information content (AvgIpc) is 2.29. The number of nitrogens with zero attached hydrogens (tertiary/aromatic N) is 2. The summed E-state index contributed by atoms with van der Waals surface area (Å²) < 4.78 is 0.723. The van der Waals surface area contributed by atoms with E-state index in [2.05, 4.69) is 15.1 Å². The van der Waals surface area contributed by atoms with Gasteiger partial charge in [0, 0.05) is 19.1 Å². The fourth-order valence-corrected chi connectivity index (χ4v) is 1.92. The van der Waals surface area contributed by atoms with Gasteiger partial charge in [-0.1, -0.05) is 11.3 Å². The molecule has 1 saturated heterocycles. The molecule has 1 aromatic heterocycles. The van der Waals surface area contributed by atoms with Crippen molar-refractivity contribution in [3.05, 3.63) is 3.95 Å². The first-order valence-electron chi connectivity index (χ1n) is 3.32. The van der Waals surface area contributed by atoms with Crippen LogP contribution < -0.4 is 10.6 Å². The van der Waals surface area contributed by atoms with E-state index in [0.29, 0.717) is 6.04 Å². The van der Waals surface area contributed by atoms with E-state index in [0.717, 1.165) is 22.2 Å². The predicted octanol–water partition coefficient (Wildman–Crippen LogP) is 0.348. The Morgan fingerprint density at radius 3 is 2.91 bits per heavy atom. The third-order valence-electron chi connectivity index (χ3n) is 1.61. The molecule has 0 bridgehead atoms. The van der Waals surface area contributed by atoms with E-state index < -0.39 is 0 Å². The molecule has 0 unspecified atom stereocenters. The van der Waals surface area contributed by atoms with Crippen molar-refractivity contribution >= 4 is 28.7 Å². The van der Waals surface area contributed by atoms with Crippen molar-refractivity contribution in [2.75, 3.05) is 18.0 Å². The average molecular weight is 188 g/mol. The zero-order valence-corrected chi connectivity index (χ0v) is 7.41. The lowest BCUT2D eigenvalue weighted by Gasteiger charge is -2.36. The number of nitrogens with one attached hydrogen (secondary N) is 1. The van der Waals surface area contributed by atoms with Gasteiger partial charge < -0.3 is 10.6 Å². The van der Waals surface area contributed by atoms with Crippen LogP contribution in [0.5, 0.6) is 0 Å². The molecular formula is C5H8N4S2. The highest BCUT2D eigenvalue weighted by Gasteiger charge is 2.25. The highest BCUT2D eigenvalue weighted by Crippen LogP contribution is 2.21. The van der Waals surface area contributed by atoms with Crippen LogP contribution in [-0.2, 0) is 0 Å². The molecule has 2 heterocycles. The van der Waals surface area contributed by atoms with Crippen molar-refractivity contribution in [3.8, 4) is 0 Å². The summed E-state index contributed by atoms with van der Waals surface area (Å²) in [6.07, 6.45) is 0. The molecule has 1 aliphatic heterocycles. The summed E-state index contributed by atoms with van der Waals surface area (Å²) >= 11 is 6.39. The monoisotopic (exact) mass is 188 g/mol. The zero-order valence-electron chi connectivity index (χ0n) is 5.78. The third kappa shape index (κ3) is 1.29. The van der Waals surface area contributed by atoms with E-state index in [9.17, 15) is 0 Å². The highest BCUT2D eigenvalue weighted by molar-refractivity contribution is 7.73. The van der Waals surface area contributed by atoms with E-state index in [1.807, 2.05) is 0 Å². The summed E-state index contributed by atoms with van der Waals surface area (Å²) in [5, 5.41) is 7.72. The van der Waals surface area contributed by atoms with Gasteiger partial charge in [-0.05, 0) is 12.2 Å². The smallest absolute Gasteiger partial charge is 0.207 e. The number of aromatic amines is 1. The van der Waals surface area contributed by atoms with Crippen LogP contribution in [0.15, 0.2) is 0 Å². The number of aromatic nitrogens is 2. The molecular weight excluding hydrogens is 180 g/mol. The van der Waals surface area contributed by atoms with Gasteiger partial charge in [-0.25, -0.2) is 0 Å². The largest absolute Gasteiger partial charge is 0.343 e. The molecule has 60 valence electrons. The summed E-state index contributed by atoms with van der Waals surface area (Å²) in [5.41, 5.74) is 5.61. The molecule has 2 rings (SSSR count). The van der Waals surface area contributed by atoms with Gasteiger partial charge in [-0.15, -0.1) is 5.10 Å². The standard InChI is InChI=1S/C5H8N4S2/c6-3-1-9(2-3)4-7-8-5(10)11-4/h3H,1-2,6H2,(H,8,10). The second-order valence-corrected chi connectivity index (χ2v) is 4.20. The number of H-pyrrole nitrogens is 1. The normalized spacial score (nSPS) is 18.5. The van der Waals surface area contributed by atoms with Crippen molar-refractivity contribution in [2.45, 2.75) is 6.04 Å². The Morgan fingerprint density at radius 1 is 1.73 bits per heavy atom. The molecule has 0 spiro atoms. The second-order valence-electron chi connectivity index (χ2n) is 2.56. The number of anilines is 1. The molecule has 3 N–H and O–H groups in total. The molecule has 1 fully saturated rings. The minimum Gasteiger partial charge on any atom is -0.343 e. The molecule has 0 aromatic carbocycles. The van der Waals surface area contributed by atoms with Gasteiger partial charge in [0.25, 0.3) is 0 Å². The number of nitrogens with two attached hydrogens (primary N) is 1. The van der Waals surface area contributed by atoms with E-state index in [-0.39, 0.29) is 0 Å². The van der Waals surface area contributed by atoms with Crippen LogP contribution in [0.4, 0.5) is 5.13 Å². The van der Waals surface area contributed by atoms with Crippen LogP contribution in [0, 0.1) is 3.95 Å². The Bertz CT molecular complexity index is 297. The summed E-state index contributed by atoms with van der Waals surface area (Å²) in [5.74, 6) is 0. The SMILES string of the molecule is NC1CN(c2n[nH]c(=S)s2)C1. The van der Waals surface area contributed by atoms with Crippen LogP contribution in [-0.4, -0.2) is 29.3 Å². The fourth-order valence-electron chi connectivity index (χ4n) is 1.03. The second kappa shape index (κ2) is 2.54. The number of rotatable bonds is 1. The molecule has 0 amide bonds. The molecule has 4 nitrogen and oxygen atoms in total. The van der Waals surface area contributed by atoms with Gasteiger partial charge >= 0.3 is 0 Å². The van der Waals surface area contributed by atoms with Gasteiger partial charge in [0.05, 0.1) is 0 Å². The van der Waals surface area contributed by atoms with Gasteiger partial charge in [0.15, 0.2) is 3.95 Å². The maximum Gasteiger partial charge on any atom is 0.207 e. The van der Waals surface area contributed by atoms with E-state index in [4.69, 9.17) is 18.0 Å². The van der Waals surface area contributed by atoms with Gasteiger partial charge in [-0.2, -0.15) is 0 Å². The number of hydrogen-bond acceptors (Lipinski definition) is 5. The van der Waals surface area contributed by atoms with E-state index >= 15 is 0 Å². The first-order valence-corrected chi connectivity index (χ1v) is 4.54. The molecule has 0 atom stereocenters. The zero-order chi connectivity index (χ0) is 7.84. The first kappa shape index (κ1) is 7.20. The number of hydrogen-bond donors (Lipinski definition) is 2. The van der Waals surface area contributed by atoms with Crippen molar-refractivity contribution in [3.63, 3.8) is 0 Å². The molecule has 11 heavy (non-hydrogen) atoms. The lowest BCUT2D eigenvalue weighted by molar-refractivity contribution is 0.517. The minimum absolute atomic E-state index is 0.312. The van der Waals surface area contributed by atoms with Crippen LogP contribution >= 0.6 is 23.6 Å². The van der Waals surface area contributed by atoms with Crippen LogP contribution in [0.3, 0.4) is 0 Å². The lowest BCUT2D eigenvalue weighted by Crippen LogP contribution is -2.55. The van der Waals surface area contributed by atoms with Crippen LogP contribution in [0.1, 0.15) is 0 Å². The van der Waals surface area contributed by atoms with Crippen molar-refractivity contribution in [1.82, 2.24) is 10.2 Å². The molecule has 0 radical (unpaired) electrons. The quantitative estimate of drug-likeness (QED) is 0.624.